The number of aryl methyl sites for hydroxylation is 3. The van der Waals surface area contributed by atoms with Gasteiger partial charge in [-0.15, -0.1) is 0 Å². The molecule has 0 amide bonds. The van der Waals surface area contributed by atoms with Crippen LogP contribution < -0.4 is 14.5 Å². The number of nitrogens with zero attached hydrogens (tertiary/aromatic N) is 4. The Balaban J connectivity index is 1.17. The highest BCUT2D eigenvalue weighted by atomic mass is 16.5. The van der Waals surface area contributed by atoms with E-state index in [2.05, 4.69) is 116 Å². The summed E-state index contributed by atoms with van der Waals surface area (Å²) < 4.78 is 6.56. The van der Waals surface area contributed by atoms with Gasteiger partial charge in [0.15, 0.2) is 0 Å². The van der Waals surface area contributed by atoms with Crippen molar-refractivity contribution in [1.29, 1.82) is 0 Å². The molecule has 2 aromatic heterocycles. The molecule has 5 aromatic rings. The molecule has 2 aliphatic heterocycles. The van der Waals surface area contributed by atoms with Gasteiger partial charge in [-0.05, 0) is 96.2 Å². The predicted molar refractivity (Wildman–Crippen MR) is 181 cm³/mol. The van der Waals surface area contributed by atoms with Crippen molar-refractivity contribution in [2.45, 2.75) is 58.8 Å². The number of aromatic nitrogens is 2. The molecule has 222 valence electrons. The molecule has 5 nitrogen and oxygen atoms in total. The van der Waals surface area contributed by atoms with Crippen molar-refractivity contribution in [3.8, 4) is 22.6 Å². The Hall–Kier alpha value is -4.64. The maximum atomic E-state index is 6.56. The van der Waals surface area contributed by atoms with Gasteiger partial charge < -0.3 is 14.5 Å². The van der Waals surface area contributed by atoms with Gasteiger partial charge in [-0.2, -0.15) is 0 Å². The van der Waals surface area contributed by atoms with Crippen LogP contribution in [0.15, 0.2) is 97.3 Å². The quantitative estimate of drug-likeness (QED) is 0.207. The lowest BCUT2D eigenvalue weighted by Gasteiger charge is -2.32. The zero-order valence-corrected chi connectivity index (χ0v) is 26.2. The van der Waals surface area contributed by atoms with Crippen molar-refractivity contribution < 1.29 is 4.74 Å². The number of ether oxygens (including phenoxy) is 1. The molecular formula is C39H40N4O. The zero-order chi connectivity index (χ0) is 30.3. The van der Waals surface area contributed by atoms with Crippen molar-refractivity contribution in [2.24, 2.45) is 0 Å². The summed E-state index contributed by atoms with van der Waals surface area (Å²) in [6.07, 6.45) is 8.28. The Morgan fingerprint density at radius 3 is 1.89 bits per heavy atom. The van der Waals surface area contributed by atoms with Gasteiger partial charge in [-0.3, -0.25) is 0 Å². The van der Waals surface area contributed by atoms with Crippen LogP contribution in [0.3, 0.4) is 0 Å². The van der Waals surface area contributed by atoms with E-state index in [-0.39, 0.29) is 5.41 Å². The maximum Gasteiger partial charge on any atom is 0.133 e. The number of pyridine rings is 2. The van der Waals surface area contributed by atoms with Crippen molar-refractivity contribution in [3.63, 3.8) is 0 Å². The third-order valence-corrected chi connectivity index (χ3v) is 8.93. The lowest BCUT2D eigenvalue weighted by molar-refractivity contribution is 0.481. The number of benzene rings is 3. The summed E-state index contributed by atoms with van der Waals surface area (Å²) in [5.41, 5.74) is 9.98. The molecule has 3 aromatic carbocycles. The molecule has 2 aliphatic rings. The summed E-state index contributed by atoms with van der Waals surface area (Å²) in [5.74, 6) is 3.66. The summed E-state index contributed by atoms with van der Waals surface area (Å²) in [6, 6.07) is 30.1. The minimum atomic E-state index is 0.0692. The first-order valence-corrected chi connectivity index (χ1v) is 15.8. The van der Waals surface area contributed by atoms with E-state index in [1.54, 1.807) is 0 Å². The van der Waals surface area contributed by atoms with E-state index in [0.717, 1.165) is 61.9 Å². The fourth-order valence-corrected chi connectivity index (χ4v) is 6.49. The van der Waals surface area contributed by atoms with Crippen LogP contribution in [0, 0.1) is 6.92 Å². The van der Waals surface area contributed by atoms with Crippen LogP contribution in [0.2, 0.25) is 0 Å². The second-order valence-corrected chi connectivity index (χ2v) is 13.1. The molecule has 44 heavy (non-hydrogen) atoms. The molecule has 0 aliphatic carbocycles. The van der Waals surface area contributed by atoms with E-state index in [4.69, 9.17) is 14.7 Å². The molecule has 5 heteroatoms. The lowest BCUT2D eigenvalue weighted by atomic mass is 9.87. The van der Waals surface area contributed by atoms with Crippen molar-refractivity contribution in [3.05, 3.63) is 120 Å². The standard InChI is InChI=1S/C39H40N4O/c1-27-22-37(41-26-34(27)28-10-6-5-7-11-28)42-20-8-12-29-14-16-32(24-35(29)42)44-33-17-15-30-13-9-21-43(36(30)25-33)38-23-31(18-19-40-38)39(2,3)4/h5-7,10-11,14-19,22-26H,8-9,12-13,20-21H2,1-4H3. The molecule has 0 saturated carbocycles. The van der Waals surface area contributed by atoms with Gasteiger partial charge in [0.25, 0.3) is 0 Å². The molecule has 0 radical (unpaired) electrons. The van der Waals surface area contributed by atoms with Gasteiger partial charge >= 0.3 is 0 Å². The van der Waals surface area contributed by atoms with Crippen molar-refractivity contribution in [2.75, 3.05) is 22.9 Å². The van der Waals surface area contributed by atoms with Gasteiger partial charge in [0.2, 0.25) is 0 Å². The largest absolute Gasteiger partial charge is 0.457 e. The fourth-order valence-electron chi connectivity index (χ4n) is 6.49. The summed E-state index contributed by atoms with van der Waals surface area (Å²) >= 11 is 0. The first-order chi connectivity index (χ1) is 21.3. The molecule has 0 unspecified atom stereocenters. The van der Waals surface area contributed by atoms with Crippen LogP contribution in [-0.4, -0.2) is 23.1 Å². The molecule has 0 spiro atoms. The van der Waals surface area contributed by atoms with Gasteiger partial charge in [0.1, 0.15) is 23.1 Å². The summed E-state index contributed by atoms with van der Waals surface area (Å²) in [6.45, 7) is 10.8. The van der Waals surface area contributed by atoms with E-state index in [9.17, 15) is 0 Å². The van der Waals surface area contributed by atoms with E-state index in [0.29, 0.717) is 0 Å². The molecular weight excluding hydrogens is 540 g/mol. The molecule has 0 bridgehead atoms. The van der Waals surface area contributed by atoms with Gasteiger partial charge in [-0.25, -0.2) is 9.97 Å². The van der Waals surface area contributed by atoms with Gasteiger partial charge in [0, 0.05) is 54.6 Å². The average molecular weight is 581 g/mol. The van der Waals surface area contributed by atoms with Gasteiger partial charge in [0.05, 0.1) is 0 Å². The molecule has 0 fully saturated rings. The van der Waals surface area contributed by atoms with Crippen LogP contribution in [0.5, 0.6) is 11.5 Å². The predicted octanol–water partition coefficient (Wildman–Crippen LogP) is 9.71. The number of anilines is 4. The fraction of sp³-hybridized carbons (Fsp3) is 0.282. The summed E-state index contributed by atoms with van der Waals surface area (Å²) in [5, 5.41) is 0. The molecule has 0 saturated heterocycles. The average Bonchev–Trinajstić information content (AvgIpc) is 3.04. The number of rotatable bonds is 5. The SMILES string of the molecule is Cc1cc(N2CCCc3ccc(Oc4ccc5c(c4)N(c4cc(C(C)(C)C)ccn4)CCC5)cc32)ncc1-c1ccccc1. The van der Waals surface area contributed by atoms with E-state index >= 15 is 0 Å². The minimum absolute atomic E-state index is 0.0692. The number of hydrogen-bond acceptors (Lipinski definition) is 5. The minimum Gasteiger partial charge on any atom is -0.457 e. The van der Waals surface area contributed by atoms with E-state index < -0.39 is 0 Å². The Morgan fingerprint density at radius 2 is 1.30 bits per heavy atom. The zero-order valence-electron chi connectivity index (χ0n) is 26.2. The Kier molecular flexibility index (Phi) is 7.33. The highest BCUT2D eigenvalue weighted by Gasteiger charge is 2.24. The van der Waals surface area contributed by atoms with Crippen LogP contribution in [0.25, 0.3) is 11.1 Å². The molecule has 4 heterocycles. The van der Waals surface area contributed by atoms with Gasteiger partial charge in [-0.1, -0.05) is 63.2 Å². The van der Waals surface area contributed by atoms with Crippen molar-refractivity contribution >= 4 is 23.0 Å². The van der Waals surface area contributed by atoms with E-state index in [1.807, 2.05) is 18.5 Å². The summed E-state index contributed by atoms with van der Waals surface area (Å²) in [7, 11) is 0. The van der Waals surface area contributed by atoms with Crippen LogP contribution >= 0.6 is 0 Å². The Labute approximate surface area is 261 Å². The normalized spacial score (nSPS) is 14.6. The first kappa shape index (κ1) is 28.1. The molecule has 0 atom stereocenters. The van der Waals surface area contributed by atoms with Crippen LogP contribution in [-0.2, 0) is 18.3 Å². The number of fused-ring (bicyclic) bond motifs is 2. The number of hydrogen-bond donors (Lipinski definition) is 0. The topological polar surface area (TPSA) is 41.5 Å². The molecule has 0 N–H and O–H groups in total. The second kappa shape index (κ2) is 11.5. The van der Waals surface area contributed by atoms with E-state index in [1.165, 1.54) is 44.8 Å². The highest BCUT2D eigenvalue weighted by molar-refractivity contribution is 5.73. The monoisotopic (exact) mass is 580 g/mol. The smallest absolute Gasteiger partial charge is 0.133 e. The summed E-state index contributed by atoms with van der Waals surface area (Å²) in [4.78, 5) is 14.4. The first-order valence-electron chi connectivity index (χ1n) is 15.8. The third-order valence-electron chi connectivity index (χ3n) is 8.93. The van der Waals surface area contributed by atoms with Crippen LogP contribution in [0.4, 0.5) is 23.0 Å². The highest BCUT2D eigenvalue weighted by Crippen LogP contribution is 2.40. The van der Waals surface area contributed by atoms with Crippen LogP contribution in [0.1, 0.15) is 55.9 Å². The second-order valence-electron chi connectivity index (χ2n) is 13.1. The maximum absolute atomic E-state index is 6.56. The third kappa shape index (κ3) is 5.55. The Morgan fingerprint density at radius 1 is 0.682 bits per heavy atom. The molecule has 7 rings (SSSR count). The lowest BCUT2D eigenvalue weighted by Crippen LogP contribution is -2.26. The Bertz CT molecular complexity index is 1810. The van der Waals surface area contributed by atoms with Crippen molar-refractivity contribution in [1.82, 2.24) is 9.97 Å².